The molecule has 1 aliphatic carbocycles. The van der Waals surface area contributed by atoms with Crippen LogP contribution in [0.4, 0.5) is 5.82 Å². The molecule has 1 saturated carbocycles. The molecule has 0 spiro atoms. The van der Waals surface area contributed by atoms with Gasteiger partial charge in [-0.05, 0) is 25.0 Å². The molecule has 64 valence electrons. The third kappa shape index (κ3) is 1.53. The van der Waals surface area contributed by atoms with Crippen LogP contribution >= 0.6 is 11.6 Å². The van der Waals surface area contributed by atoms with E-state index < -0.39 is 0 Å². The SMILES string of the molecule is CN(c1cccc(Cl)n1)C1CC1. The zero-order valence-electron chi connectivity index (χ0n) is 7.00. The molecule has 1 aliphatic rings. The lowest BCUT2D eigenvalue weighted by molar-refractivity contribution is 0.892. The van der Waals surface area contributed by atoms with Crippen LogP contribution in [0.1, 0.15) is 12.8 Å². The maximum absolute atomic E-state index is 5.78. The average molecular weight is 183 g/mol. The predicted octanol–water partition coefficient (Wildman–Crippen LogP) is 2.33. The first-order chi connectivity index (χ1) is 5.77. The van der Waals surface area contributed by atoms with Gasteiger partial charge >= 0.3 is 0 Å². The number of pyridine rings is 1. The monoisotopic (exact) mass is 182 g/mol. The van der Waals surface area contributed by atoms with Crippen molar-refractivity contribution in [2.75, 3.05) is 11.9 Å². The van der Waals surface area contributed by atoms with Gasteiger partial charge in [-0.15, -0.1) is 0 Å². The molecule has 2 nitrogen and oxygen atoms in total. The summed E-state index contributed by atoms with van der Waals surface area (Å²) in [6, 6.07) is 6.41. The summed E-state index contributed by atoms with van der Waals surface area (Å²) in [6.45, 7) is 0. The van der Waals surface area contributed by atoms with Crippen molar-refractivity contribution in [2.45, 2.75) is 18.9 Å². The van der Waals surface area contributed by atoms with Crippen LogP contribution in [0.3, 0.4) is 0 Å². The zero-order chi connectivity index (χ0) is 8.55. The summed E-state index contributed by atoms with van der Waals surface area (Å²) in [7, 11) is 2.07. The van der Waals surface area contributed by atoms with Crippen molar-refractivity contribution in [3.05, 3.63) is 23.4 Å². The molecule has 0 aliphatic heterocycles. The molecule has 12 heavy (non-hydrogen) atoms. The number of halogens is 1. The van der Waals surface area contributed by atoms with Crippen molar-refractivity contribution >= 4 is 17.4 Å². The molecule has 0 bridgehead atoms. The molecule has 0 aromatic carbocycles. The number of hydrogen-bond donors (Lipinski definition) is 0. The van der Waals surface area contributed by atoms with E-state index in [1.807, 2.05) is 12.1 Å². The second-order valence-corrected chi connectivity index (χ2v) is 3.55. The van der Waals surface area contributed by atoms with Gasteiger partial charge in [-0.2, -0.15) is 0 Å². The summed E-state index contributed by atoms with van der Waals surface area (Å²) < 4.78 is 0. The molecule has 1 aromatic rings. The second-order valence-electron chi connectivity index (χ2n) is 3.16. The third-order valence-corrected chi connectivity index (χ3v) is 2.37. The lowest BCUT2D eigenvalue weighted by atomic mass is 10.4. The second kappa shape index (κ2) is 2.94. The lowest BCUT2D eigenvalue weighted by Gasteiger charge is -2.16. The topological polar surface area (TPSA) is 16.1 Å². The van der Waals surface area contributed by atoms with Crippen LogP contribution in [0.2, 0.25) is 5.15 Å². The number of hydrogen-bond acceptors (Lipinski definition) is 2. The molecule has 0 N–H and O–H groups in total. The lowest BCUT2D eigenvalue weighted by Crippen LogP contribution is -2.20. The Morgan fingerprint density at radius 3 is 2.83 bits per heavy atom. The van der Waals surface area contributed by atoms with Gasteiger partial charge in [-0.1, -0.05) is 17.7 Å². The molecule has 0 amide bonds. The Morgan fingerprint density at radius 1 is 1.50 bits per heavy atom. The van der Waals surface area contributed by atoms with Crippen LogP contribution in [0, 0.1) is 0 Å². The summed E-state index contributed by atoms with van der Waals surface area (Å²) in [6.07, 6.45) is 2.56. The first-order valence-corrected chi connectivity index (χ1v) is 4.50. The highest BCUT2D eigenvalue weighted by Gasteiger charge is 2.26. The Morgan fingerprint density at radius 2 is 2.25 bits per heavy atom. The van der Waals surface area contributed by atoms with Gasteiger partial charge in [0.05, 0.1) is 0 Å². The van der Waals surface area contributed by atoms with Crippen molar-refractivity contribution in [3.63, 3.8) is 0 Å². The first kappa shape index (κ1) is 7.87. The van der Waals surface area contributed by atoms with Gasteiger partial charge in [-0.25, -0.2) is 4.98 Å². The summed E-state index contributed by atoms with van der Waals surface area (Å²) in [5.74, 6) is 0.977. The van der Waals surface area contributed by atoms with Gasteiger partial charge in [0.25, 0.3) is 0 Å². The van der Waals surface area contributed by atoms with E-state index >= 15 is 0 Å². The van der Waals surface area contributed by atoms with E-state index in [4.69, 9.17) is 11.6 Å². The molecule has 0 radical (unpaired) electrons. The van der Waals surface area contributed by atoms with Crippen LogP contribution in [0.25, 0.3) is 0 Å². The normalized spacial score (nSPS) is 16.2. The first-order valence-electron chi connectivity index (χ1n) is 4.13. The number of aromatic nitrogens is 1. The van der Waals surface area contributed by atoms with Crippen LogP contribution in [-0.2, 0) is 0 Å². The number of anilines is 1. The van der Waals surface area contributed by atoms with Crippen molar-refractivity contribution in [2.24, 2.45) is 0 Å². The van der Waals surface area contributed by atoms with E-state index in [0.717, 1.165) is 5.82 Å². The molecule has 1 fully saturated rings. The maximum atomic E-state index is 5.78. The summed E-state index contributed by atoms with van der Waals surface area (Å²) in [5.41, 5.74) is 0. The van der Waals surface area contributed by atoms with Crippen LogP contribution in [0.5, 0.6) is 0 Å². The van der Waals surface area contributed by atoms with E-state index in [0.29, 0.717) is 11.2 Å². The number of nitrogens with zero attached hydrogens (tertiary/aromatic N) is 2. The van der Waals surface area contributed by atoms with Crippen molar-refractivity contribution in [3.8, 4) is 0 Å². The van der Waals surface area contributed by atoms with E-state index in [2.05, 4.69) is 16.9 Å². The van der Waals surface area contributed by atoms with Crippen LogP contribution < -0.4 is 4.90 Å². The molecule has 0 unspecified atom stereocenters. The van der Waals surface area contributed by atoms with Gasteiger partial charge in [0.1, 0.15) is 11.0 Å². The minimum atomic E-state index is 0.569. The standard InChI is InChI=1S/C9H11ClN2/c1-12(7-5-6-7)9-4-2-3-8(10)11-9/h2-4,7H,5-6H2,1H3. The molecule has 3 heteroatoms. The van der Waals surface area contributed by atoms with Gasteiger partial charge in [0.15, 0.2) is 0 Å². The smallest absolute Gasteiger partial charge is 0.131 e. The molecule has 1 aromatic heterocycles. The van der Waals surface area contributed by atoms with Gasteiger partial charge in [-0.3, -0.25) is 0 Å². The Hall–Kier alpha value is -0.760. The summed E-state index contributed by atoms with van der Waals surface area (Å²) in [4.78, 5) is 6.41. The van der Waals surface area contributed by atoms with Crippen molar-refractivity contribution in [1.29, 1.82) is 0 Å². The maximum Gasteiger partial charge on any atom is 0.131 e. The Balaban J connectivity index is 2.20. The van der Waals surface area contributed by atoms with Gasteiger partial charge in [0, 0.05) is 13.1 Å². The molecular formula is C9H11ClN2. The quantitative estimate of drug-likeness (QED) is 0.653. The van der Waals surface area contributed by atoms with E-state index in [1.165, 1.54) is 12.8 Å². The minimum Gasteiger partial charge on any atom is -0.357 e. The fraction of sp³-hybridized carbons (Fsp3) is 0.444. The highest BCUT2D eigenvalue weighted by atomic mass is 35.5. The zero-order valence-corrected chi connectivity index (χ0v) is 7.75. The predicted molar refractivity (Wildman–Crippen MR) is 50.7 cm³/mol. The summed E-state index contributed by atoms with van der Waals surface area (Å²) >= 11 is 5.78. The van der Waals surface area contributed by atoms with Crippen LogP contribution in [0.15, 0.2) is 18.2 Å². The largest absolute Gasteiger partial charge is 0.357 e. The molecule has 0 atom stereocenters. The fourth-order valence-electron chi connectivity index (χ4n) is 1.24. The summed E-state index contributed by atoms with van der Waals surface area (Å²) in [5, 5.41) is 0.569. The average Bonchev–Trinajstić information content (AvgIpc) is 2.85. The molecule has 0 saturated heterocycles. The van der Waals surface area contributed by atoms with Gasteiger partial charge < -0.3 is 4.90 Å². The van der Waals surface area contributed by atoms with Crippen LogP contribution in [-0.4, -0.2) is 18.1 Å². The van der Waals surface area contributed by atoms with Gasteiger partial charge in [0.2, 0.25) is 0 Å². The minimum absolute atomic E-state index is 0.569. The Labute approximate surface area is 77.2 Å². The van der Waals surface area contributed by atoms with Crippen molar-refractivity contribution in [1.82, 2.24) is 4.98 Å². The fourth-order valence-corrected chi connectivity index (χ4v) is 1.40. The van der Waals surface area contributed by atoms with E-state index in [9.17, 15) is 0 Å². The molecule has 2 rings (SSSR count). The van der Waals surface area contributed by atoms with E-state index in [-0.39, 0.29) is 0 Å². The Kier molecular flexibility index (Phi) is 1.93. The third-order valence-electron chi connectivity index (χ3n) is 2.16. The molecular weight excluding hydrogens is 172 g/mol. The number of rotatable bonds is 2. The van der Waals surface area contributed by atoms with Crippen molar-refractivity contribution < 1.29 is 0 Å². The Bertz CT molecular complexity index is 284. The van der Waals surface area contributed by atoms with E-state index in [1.54, 1.807) is 6.07 Å². The molecule has 1 heterocycles. The highest BCUT2D eigenvalue weighted by Crippen LogP contribution is 2.29. The highest BCUT2D eigenvalue weighted by molar-refractivity contribution is 6.29.